The molecule has 0 radical (unpaired) electrons. The first-order valence-electron chi connectivity index (χ1n) is 5.27. The van der Waals surface area contributed by atoms with Crippen molar-refractivity contribution in [1.29, 1.82) is 0 Å². The Labute approximate surface area is 90.5 Å². The molecule has 0 saturated heterocycles. The van der Waals surface area contributed by atoms with Crippen molar-refractivity contribution in [3.8, 4) is 0 Å². The predicted octanol–water partition coefficient (Wildman–Crippen LogP) is 2.39. The van der Waals surface area contributed by atoms with Crippen molar-refractivity contribution in [1.82, 2.24) is 4.98 Å². The zero-order valence-corrected chi connectivity index (χ0v) is 9.32. The molecule has 0 aliphatic carbocycles. The third-order valence-electron chi connectivity index (χ3n) is 2.10. The lowest BCUT2D eigenvalue weighted by molar-refractivity contribution is 0.0942. The second kappa shape index (κ2) is 6.30. The maximum Gasteiger partial charge on any atom is 0.181 e. The number of ketones is 1. The van der Waals surface area contributed by atoms with Crippen molar-refractivity contribution in [3.05, 3.63) is 29.6 Å². The molecule has 0 aromatic carbocycles. The summed E-state index contributed by atoms with van der Waals surface area (Å²) >= 11 is 0. The van der Waals surface area contributed by atoms with Gasteiger partial charge in [-0.1, -0.05) is 0 Å². The summed E-state index contributed by atoms with van der Waals surface area (Å²) in [6.07, 6.45) is 2.95. The van der Waals surface area contributed by atoms with E-state index in [1.807, 2.05) is 26.0 Å². The molecular formula is C12H17NO2. The molecule has 0 unspecified atom stereocenters. The van der Waals surface area contributed by atoms with Crippen molar-refractivity contribution in [3.63, 3.8) is 0 Å². The monoisotopic (exact) mass is 207 g/mol. The van der Waals surface area contributed by atoms with Crippen LogP contribution >= 0.6 is 0 Å². The molecule has 3 nitrogen and oxygen atoms in total. The van der Waals surface area contributed by atoms with Gasteiger partial charge >= 0.3 is 0 Å². The summed E-state index contributed by atoms with van der Waals surface area (Å²) < 4.78 is 5.17. The smallest absolute Gasteiger partial charge is 0.181 e. The molecule has 0 bridgehead atoms. The lowest BCUT2D eigenvalue weighted by Crippen LogP contribution is -2.04. The number of aromatic nitrogens is 1. The van der Waals surface area contributed by atoms with Gasteiger partial charge in [-0.05, 0) is 38.0 Å². The minimum atomic E-state index is 0.0957. The second-order valence-corrected chi connectivity index (χ2v) is 3.44. The van der Waals surface area contributed by atoms with E-state index >= 15 is 0 Å². The van der Waals surface area contributed by atoms with E-state index in [1.54, 1.807) is 6.20 Å². The van der Waals surface area contributed by atoms with Crippen molar-refractivity contribution in [2.75, 3.05) is 13.2 Å². The highest BCUT2D eigenvalue weighted by Crippen LogP contribution is 2.05. The Bertz CT molecular complexity index is 323. The van der Waals surface area contributed by atoms with E-state index in [-0.39, 0.29) is 5.78 Å². The fraction of sp³-hybridized carbons (Fsp3) is 0.500. The molecule has 3 heteroatoms. The Morgan fingerprint density at radius 2 is 2.33 bits per heavy atom. The number of Topliss-reactive ketones (excluding diaryl/α,β-unsaturated/α-hetero) is 1. The van der Waals surface area contributed by atoms with Crippen LogP contribution in [0.1, 0.15) is 35.8 Å². The van der Waals surface area contributed by atoms with E-state index < -0.39 is 0 Å². The van der Waals surface area contributed by atoms with E-state index in [0.29, 0.717) is 25.3 Å². The predicted molar refractivity (Wildman–Crippen MR) is 59.0 cm³/mol. The topological polar surface area (TPSA) is 39.2 Å². The van der Waals surface area contributed by atoms with Gasteiger partial charge < -0.3 is 4.74 Å². The maximum absolute atomic E-state index is 11.6. The Balaban J connectivity index is 2.40. The first-order valence-corrected chi connectivity index (χ1v) is 5.27. The van der Waals surface area contributed by atoms with Crippen LogP contribution in [0.2, 0.25) is 0 Å². The second-order valence-electron chi connectivity index (χ2n) is 3.44. The number of rotatable bonds is 6. The third kappa shape index (κ3) is 4.21. The number of ether oxygens (including phenoxy) is 1. The fourth-order valence-electron chi connectivity index (χ4n) is 1.30. The number of carbonyl (C=O) groups is 1. The Hall–Kier alpha value is -1.22. The number of hydrogen-bond donors (Lipinski definition) is 0. The van der Waals surface area contributed by atoms with Crippen LogP contribution in [0.4, 0.5) is 0 Å². The molecule has 1 rings (SSSR count). The van der Waals surface area contributed by atoms with Gasteiger partial charge in [0, 0.05) is 25.8 Å². The van der Waals surface area contributed by atoms with Gasteiger partial charge in [-0.25, -0.2) is 0 Å². The summed E-state index contributed by atoms with van der Waals surface area (Å²) in [6.45, 7) is 5.26. The van der Waals surface area contributed by atoms with Gasteiger partial charge in [0.05, 0.1) is 0 Å². The first-order chi connectivity index (χ1) is 7.24. The lowest BCUT2D eigenvalue weighted by Gasteiger charge is -2.01. The standard InChI is InChI=1S/C12H17NO2/c1-3-15-8-4-5-12(14)11-9-10(2)6-7-13-11/h6-7,9H,3-5,8H2,1-2H3. The molecule has 15 heavy (non-hydrogen) atoms. The van der Waals surface area contributed by atoms with Crippen molar-refractivity contribution in [2.45, 2.75) is 26.7 Å². The number of aryl methyl sites for hydroxylation is 1. The van der Waals surface area contributed by atoms with Crippen LogP contribution in [-0.4, -0.2) is 24.0 Å². The highest BCUT2D eigenvalue weighted by Gasteiger charge is 2.06. The van der Waals surface area contributed by atoms with Gasteiger partial charge in [0.15, 0.2) is 5.78 Å². The molecule has 1 aromatic heterocycles. The quantitative estimate of drug-likeness (QED) is 0.531. The van der Waals surface area contributed by atoms with E-state index in [2.05, 4.69) is 4.98 Å². The first kappa shape index (κ1) is 11.9. The van der Waals surface area contributed by atoms with Gasteiger partial charge in [-0.3, -0.25) is 9.78 Å². The molecule has 0 aliphatic heterocycles. The van der Waals surface area contributed by atoms with Crippen LogP contribution in [0, 0.1) is 6.92 Å². The molecule has 0 amide bonds. The third-order valence-corrected chi connectivity index (χ3v) is 2.10. The average Bonchev–Trinajstić information content (AvgIpc) is 2.24. The van der Waals surface area contributed by atoms with Gasteiger partial charge in [0.25, 0.3) is 0 Å². The fourth-order valence-corrected chi connectivity index (χ4v) is 1.30. The largest absolute Gasteiger partial charge is 0.382 e. The molecule has 1 aromatic rings. The summed E-state index contributed by atoms with van der Waals surface area (Å²) in [5, 5.41) is 0. The SMILES string of the molecule is CCOCCCC(=O)c1cc(C)ccn1. The number of nitrogens with zero attached hydrogens (tertiary/aromatic N) is 1. The molecule has 0 N–H and O–H groups in total. The summed E-state index contributed by atoms with van der Waals surface area (Å²) in [5.41, 5.74) is 1.63. The zero-order chi connectivity index (χ0) is 11.1. The molecule has 0 saturated carbocycles. The molecule has 82 valence electrons. The van der Waals surface area contributed by atoms with Gasteiger partial charge in [-0.15, -0.1) is 0 Å². The van der Waals surface area contributed by atoms with E-state index in [0.717, 1.165) is 12.0 Å². The average molecular weight is 207 g/mol. The van der Waals surface area contributed by atoms with Crippen LogP contribution in [0.5, 0.6) is 0 Å². The summed E-state index contributed by atoms with van der Waals surface area (Å²) in [7, 11) is 0. The molecule has 1 heterocycles. The van der Waals surface area contributed by atoms with Crippen molar-refractivity contribution < 1.29 is 9.53 Å². The van der Waals surface area contributed by atoms with Gasteiger partial charge in [0.2, 0.25) is 0 Å². The Kier molecular flexibility index (Phi) is 4.98. The van der Waals surface area contributed by atoms with Crippen LogP contribution in [-0.2, 0) is 4.74 Å². The molecule has 0 spiro atoms. The van der Waals surface area contributed by atoms with Crippen LogP contribution in [0.3, 0.4) is 0 Å². The van der Waals surface area contributed by atoms with Gasteiger partial charge in [0.1, 0.15) is 5.69 Å². The number of carbonyl (C=O) groups excluding carboxylic acids is 1. The molecular weight excluding hydrogens is 190 g/mol. The van der Waals surface area contributed by atoms with Gasteiger partial charge in [-0.2, -0.15) is 0 Å². The number of pyridine rings is 1. The zero-order valence-electron chi connectivity index (χ0n) is 9.32. The minimum Gasteiger partial charge on any atom is -0.382 e. The normalized spacial score (nSPS) is 10.3. The van der Waals surface area contributed by atoms with E-state index in [4.69, 9.17) is 4.74 Å². The summed E-state index contributed by atoms with van der Waals surface area (Å²) in [4.78, 5) is 15.7. The summed E-state index contributed by atoms with van der Waals surface area (Å²) in [5.74, 6) is 0.0957. The highest BCUT2D eigenvalue weighted by atomic mass is 16.5. The van der Waals surface area contributed by atoms with Crippen molar-refractivity contribution in [2.24, 2.45) is 0 Å². The minimum absolute atomic E-state index is 0.0957. The number of hydrogen-bond acceptors (Lipinski definition) is 3. The van der Waals surface area contributed by atoms with Crippen molar-refractivity contribution >= 4 is 5.78 Å². The molecule has 0 aliphatic rings. The van der Waals surface area contributed by atoms with Crippen LogP contribution in [0.15, 0.2) is 18.3 Å². The Morgan fingerprint density at radius 3 is 3.00 bits per heavy atom. The molecule has 0 atom stereocenters. The van der Waals surface area contributed by atoms with E-state index in [1.165, 1.54) is 0 Å². The van der Waals surface area contributed by atoms with Crippen LogP contribution < -0.4 is 0 Å². The highest BCUT2D eigenvalue weighted by molar-refractivity contribution is 5.94. The maximum atomic E-state index is 11.6. The molecule has 0 fully saturated rings. The lowest BCUT2D eigenvalue weighted by atomic mass is 10.1. The Morgan fingerprint density at radius 1 is 1.53 bits per heavy atom. The summed E-state index contributed by atoms with van der Waals surface area (Å²) in [6, 6.07) is 3.71. The van der Waals surface area contributed by atoms with Crippen LogP contribution in [0.25, 0.3) is 0 Å². The van der Waals surface area contributed by atoms with E-state index in [9.17, 15) is 4.79 Å².